The molecule has 1 N–H and O–H groups in total. The molecule has 0 saturated heterocycles. The van der Waals surface area contributed by atoms with Gasteiger partial charge in [-0.3, -0.25) is 0 Å². The summed E-state index contributed by atoms with van der Waals surface area (Å²) in [4.78, 5) is 12.6. The first-order chi connectivity index (χ1) is 15.5. The maximum absolute atomic E-state index is 12.6. The third-order valence-corrected chi connectivity index (χ3v) is 7.47. The monoisotopic (exact) mass is 452 g/mol. The van der Waals surface area contributed by atoms with Gasteiger partial charge in [0.25, 0.3) is 0 Å². The molecule has 0 heterocycles. The third kappa shape index (κ3) is 7.09. The molecule has 0 radical (unpaired) electrons. The van der Waals surface area contributed by atoms with Crippen LogP contribution in [-0.4, -0.2) is 16.7 Å². The molecular formula is C30H44O3. The molecule has 1 saturated carbocycles. The summed E-state index contributed by atoms with van der Waals surface area (Å²) in [7, 11) is 0. The molecule has 33 heavy (non-hydrogen) atoms. The van der Waals surface area contributed by atoms with E-state index in [1.165, 1.54) is 11.1 Å². The molecule has 3 nitrogen and oxygen atoms in total. The summed E-state index contributed by atoms with van der Waals surface area (Å²) < 4.78 is 6.04. The van der Waals surface area contributed by atoms with E-state index in [-0.39, 0.29) is 17.0 Å². The van der Waals surface area contributed by atoms with Crippen molar-refractivity contribution in [2.24, 2.45) is 5.41 Å². The quantitative estimate of drug-likeness (QED) is 0.446. The van der Waals surface area contributed by atoms with Crippen LogP contribution in [0.5, 0.6) is 5.75 Å². The Morgan fingerprint density at radius 2 is 1.30 bits per heavy atom. The largest absolute Gasteiger partial charge is 0.508 e. The minimum atomic E-state index is -0.306. The Morgan fingerprint density at radius 1 is 0.879 bits per heavy atom. The van der Waals surface area contributed by atoms with E-state index in [0.29, 0.717) is 23.1 Å². The molecule has 0 aliphatic heterocycles. The highest BCUT2D eigenvalue weighted by Crippen LogP contribution is 2.46. The molecule has 0 bridgehead atoms. The van der Waals surface area contributed by atoms with Gasteiger partial charge in [-0.2, -0.15) is 0 Å². The topological polar surface area (TPSA) is 46.5 Å². The molecule has 0 amide bonds. The van der Waals surface area contributed by atoms with E-state index in [2.05, 4.69) is 60.6 Å². The van der Waals surface area contributed by atoms with Crippen LogP contribution in [0.3, 0.4) is 0 Å². The van der Waals surface area contributed by atoms with Crippen LogP contribution in [0.1, 0.15) is 120 Å². The Labute approximate surface area is 201 Å². The summed E-state index contributed by atoms with van der Waals surface area (Å²) in [6, 6.07) is 15.4. The summed E-state index contributed by atoms with van der Waals surface area (Å²) >= 11 is 0. The van der Waals surface area contributed by atoms with Gasteiger partial charge in [0.1, 0.15) is 11.4 Å². The fourth-order valence-corrected chi connectivity index (χ4v) is 4.41. The zero-order chi connectivity index (χ0) is 24.6. The molecule has 2 aromatic rings. The number of hydrogen-bond donors (Lipinski definition) is 1. The van der Waals surface area contributed by atoms with Crippen molar-refractivity contribution >= 4 is 5.97 Å². The summed E-state index contributed by atoms with van der Waals surface area (Å²) in [5.74, 6) is 1.29. The highest BCUT2D eigenvalue weighted by atomic mass is 16.6. The number of aromatic hydroxyl groups is 1. The second kappa shape index (κ2) is 11.7. The van der Waals surface area contributed by atoms with Crippen LogP contribution in [0.2, 0.25) is 0 Å². The Hall–Kier alpha value is -2.29. The van der Waals surface area contributed by atoms with Gasteiger partial charge in [0.2, 0.25) is 0 Å². The molecule has 0 spiro atoms. The number of phenolic OH excluding ortho intramolecular Hbond substituents is 1. The minimum absolute atomic E-state index is 0.0180. The number of phenols is 1. The second-order valence-electron chi connectivity index (χ2n) is 10.7. The minimum Gasteiger partial charge on any atom is -0.508 e. The first-order valence-corrected chi connectivity index (χ1v) is 12.6. The van der Waals surface area contributed by atoms with E-state index in [1.54, 1.807) is 12.1 Å². The fraction of sp³-hybridized carbons (Fsp3) is 0.567. The number of carbonyl (C=O) groups excluding carboxylic acids is 1. The highest BCUT2D eigenvalue weighted by Gasteiger charge is 2.47. The van der Waals surface area contributed by atoms with Gasteiger partial charge in [0.05, 0.1) is 5.56 Å². The lowest BCUT2D eigenvalue weighted by Gasteiger charge is -2.41. The number of ether oxygens (including phenoxy) is 1. The van der Waals surface area contributed by atoms with Crippen molar-refractivity contribution in [1.29, 1.82) is 0 Å². The van der Waals surface area contributed by atoms with E-state index in [9.17, 15) is 4.79 Å². The summed E-state index contributed by atoms with van der Waals surface area (Å²) in [6.45, 7) is 15.3. The molecule has 1 fully saturated rings. The van der Waals surface area contributed by atoms with Crippen molar-refractivity contribution in [1.82, 2.24) is 0 Å². The Kier molecular flexibility index (Phi) is 9.57. The highest BCUT2D eigenvalue weighted by molar-refractivity contribution is 5.89. The maximum Gasteiger partial charge on any atom is 0.338 e. The predicted octanol–water partition coefficient (Wildman–Crippen LogP) is 8.62. The zero-order valence-electron chi connectivity index (χ0n) is 21.8. The van der Waals surface area contributed by atoms with Crippen molar-refractivity contribution in [2.45, 2.75) is 104 Å². The first kappa shape index (κ1) is 27.0. The van der Waals surface area contributed by atoms with Gasteiger partial charge in [0, 0.05) is 5.41 Å². The molecule has 3 rings (SSSR count). The first-order valence-electron chi connectivity index (χ1n) is 12.6. The zero-order valence-corrected chi connectivity index (χ0v) is 21.8. The van der Waals surface area contributed by atoms with Gasteiger partial charge >= 0.3 is 5.97 Å². The fourth-order valence-electron chi connectivity index (χ4n) is 4.41. The van der Waals surface area contributed by atoms with Crippen LogP contribution < -0.4 is 0 Å². The van der Waals surface area contributed by atoms with E-state index in [0.717, 1.165) is 38.5 Å². The molecule has 2 aromatic carbocycles. The van der Waals surface area contributed by atoms with E-state index in [1.807, 2.05) is 24.3 Å². The van der Waals surface area contributed by atoms with Crippen LogP contribution >= 0.6 is 0 Å². The number of esters is 1. The van der Waals surface area contributed by atoms with Gasteiger partial charge in [-0.1, -0.05) is 72.7 Å². The Morgan fingerprint density at radius 3 is 1.70 bits per heavy atom. The van der Waals surface area contributed by atoms with Gasteiger partial charge in [-0.25, -0.2) is 4.79 Å². The second-order valence-corrected chi connectivity index (χ2v) is 10.7. The van der Waals surface area contributed by atoms with E-state index < -0.39 is 0 Å². The molecule has 1 aliphatic rings. The lowest BCUT2D eigenvalue weighted by atomic mass is 9.75. The van der Waals surface area contributed by atoms with Crippen LogP contribution in [0.25, 0.3) is 0 Å². The van der Waals surface area contributed by atoms with Crippen molar-refractivity contribution < 1.29 is 14.6 Å². The van der Waals surface area contributed by atoms with Crippen molar-refractivity contribution in [2.75, 3.05) is 0 Å². The smallest absolute Gasteiger partial charge is 0.338 e. The number of hydrogen-bond acceptors (Lipinski definition) is 3. The van der Waals surface area contributed by atoms with E-state index >= 15 is 0 Å². The normalized spacial score (nSPS) is 16.9. The van der Waals surface area contributed by atoms with Gasteiger partial charge < -0.3 is 9.84 Å². The molecule has 182 valence electrons. The average Bonchev–Trinajstić information content (AvgIpc) is 3.29. The van der Waals surface area contributed by atoms with Crippen LogP contribution in [0.4, 0.5) is 0 Å². The van der Waals surface area contributed by atoms with Gasteiger partial charge in [-0.15, -0.1) is 0 Å². The van der Waals surface area contributed by atoms with Crippen LogP contribution in [0, 0.1) is 5.41 Å². The molecule has 3 heteroatoms. The standard InChI is InChI=1S/C20H30O2.C10H14O/c1-6-15(2)16-9-11-17(12-10-16)18(21)22-20(19(3,4)5)13-7-8-14-20;1-3-8(2)9-4-6-10(11)7-5-9/h9-12,15H,6-8,13-14H2,1-5H3;4-8,11H,3H2,1-2H3. The molecular weight excluding hydrogens is 408 g/mol. The maximum atomic E-state index is 12.6. The SMILES string of the molecule is CCC(C)c1ccc(C(=O)OC2(C(C)(C)C)CCCC2)cc1.CCC(C)c1ccc(O)cc1. The Bertz CT molecular complexity index is 853. The molecule has 0 aromatic heterocycles. The lowest BCUT2D eigenvalue weighted by molar-refractivity contribution is -0.0748. The number of carbonyl (C=O) groups is 1. The molecule has 2 atom stereocenters. The lowest BCUT2D eigenvalue weighted by Crippen LogP contribution is -2.44. The summed E-state index contributed by atoms with van der Waals surface area (Å²) in [5.41, 5.74) is 2.92. The Balaban J connectivity index is 0.000000294. The van der Waals surface area contributed by atoms with Crippen molar-refractivity contribution in [3.05, 3.63) is 65.2 Å². The van der Waals surface area contributed by atoms with Crippen molar-refractivity contribution in [3.63, 3.8) is 0 Å². The van der Waals surface area contributed by atoms with Gasteiger partial charge in [0.15, 0.2) is 0 Å². The summed E-state index contributed by atoms with van der Waals surface area (Å²) in [6.07, 6.45) is 6.51. The average molecular weight is 453 g/mol. The number of rotatable bonds is 6. The molecule has 2 unspecified atom stereocenters. The third-order valence-electron chi connectivity index (χ3n) is 7.47. The van der Waals surface area contributed by atoms with Crippen LogP contribution in [-0.2, 0) is 4.74 Å². The van der Waals surface area contributed by atoms with Crippen molar-refractivity contribution in [3.8, 4) is 5.75 Å². The van der Waals surface area contributed by atoms with Gasteiger partial charge in [-0.05, 0) is 85.8 Å². The van der Waals surface area contributed by atoms with Crippen LogP contribution in [0.15, 0.2) is 48.5 Å². The number of benzene rings is 2. The predicted molar refractivity (Wildman–Crippen MR) is 138 cm³/mol. The molecule has 1 aliphatic carbocycles. The summed E-state index contributed by atoms with van der Waals surface area (Å²) in [5, 5.41) is 9.01. The van der Waals surface area contributed by atoms with E-state index in [4.69, 9.17) is 9.84 Å².